The molecule has 2 aromatic rings. The molecule has 1 spiro atoms. The number of nitrogens with zero attached hydrogens (tertiary/aromatic N) is 2. The van der Waals surface area contributed by atoms with Gasteiger partial charge in [0.15, 0.2) is 11.4 Å². The first kappa shape index (κ1) is 23.4. The highest BCUT2D eigenvalue weighted by Crippen LogP contribution is 2.47. The molecule has 2 bridgehead atoms. The quantitative estimate of drug-likeness (QED) is 0.609. The third-order valence-electron chi connectivity index (χ3n) is 7.04. The topological polar surface area (TPSA) is 113 Å². The van der Waals surface area contributed by atoms with Crippen LogP contribution in [0, 0.1) is 11.6 Å². The normalized spacial score (nSPS) is 24.9. The Kier molecular flexibility index (Phi) is 5.44. The van der Waals surface area contributed by atoms with Crippen molar-refractivity contribution >= 4 is 11.8 Å². The smallest absolute Gasteiger partial charge is 0.274 e. The molecule has 2 atom stereocenters. The number of halogens is 2. The standard InChI is InChI=1S/C24H26F2N4O5/c1-23(2)12-24(35-28-23)6-3-7-29-11-17(24)30-10-15(19(31)20(32)18(30)22(29)34)21(33)27-9-13-4-5-14(25)8-16(13)26/h4-5,8,10,17,28,32H,3,6-7,9,11-12H2,1-2H3,(H,27,33)/t17-,24+/m1/s1. The lowest BCUT2D eigenvalue weighted by Gasteiger charge is -2.41. The van der Waals surface area contributed by atoms with Crippen LogP contribution in [-0.4, -0.2) is 50.6 Å². The highest BCUT2D eigenvalue weighted by atomic mass is 19.1. The predicted molar refractivity (Wildman–Crippen MR) is 120 cm³/mol. The van der Waals surface area contributed by atoms with Crippen LogP contribution in [0.3, 0.4) is 0 Å². The first-order chi connectivity index (χ1) is 16.5. The highest BCUT2D eigenvalue weighted by Gasteiger charge is 2.55. The maximum atomic E-state index is 14.0. The summed E-state index contributed by atoms with van der Waals surface area (Å²) in [7, 11) is 0. The molecule has 0 aliphatic carbocycles. The number of benzene rings is 1. The van der Waals surface area contributed by atoms with E-state index in [1.165, 1.54) is 16.8 Å². The van der Waals surface area contributed by atoms with E-state index in [-0.39, 0.29) is 28.9 Å². The fourth-order valence-electron chi connectivity index (χ4n) is 5.44. The van der Waals surface area contributed by atoms with Crippen LogP contribution in [0.4, 0.5) is 8.78 Å². The van der Waals surface area contributed by atoms with Crippen LogP contribution >= 0.6 is 0 Å². The summed E-state index contributed by atoms with van der Waals surface area (Å²) in [6.07, 6.45) is 3.20. The van der Waals surface area contributed by atoms with E-state index in [1.807, 2.05) is 13.8 Å². The summed E-state index contributed by atoms with van der Waals surface area (Å²) in [5.41, 5.74) is 0.464. The molecule has 11 heteroatoms. The molecule has 3 aliphatic heterocycles. The lowest BCUT2D eigenvalue weighted by atomic mass is 9.80. The molecule has 2 saturated heterocycles. The molecule has 4 heterocycles. The summed E-state index contributed by atoms with van der Waals surface area (Å²) < 4.78 is 28.6. The van der Waals surface area contributed by atoms with Gasteiger partial charge in [-0.05, 0) is 32.8 Å². The van der Waals surface area contributed by atoms with E-state index in [0.717, 1.165) is 6.07 Å². The van der Waals surface area contributed by atoms with Gasteiger partial charge < -0.3 is 19.9 Å². The van der Waals surface area contributed by atoms with Crippen LogP contribution in [0.5, 0.6) is 5.75 Å². The summed E-state index contributed by atoms with van der Waals surface area (Å²) in [4.78, 5) is 46.7. The molecule has 3 aliphatic rings. The molecule has 2 fully saturated rings. The largest absolute Gasteiger partial charge is 0.503 e. The zero-order valence-electron chi connectivity index (χ0n) is 19.4. The van der Waals surface area contributed by atoms with Gasteiger partial charge in [0.05, 0.1) is 6.04 Å². The van der Waals surface area contributed by atoms with E-state index in [4.69, 9.17) is 4.84 Å². The van der Waals surface area contributed by atoms with Gasteiger partial charge in [0.2, 0.25) is 5.43 Å². The van der Waals surface area contributed by atoms with E-state index < -0.39 is 46.3 Å². The lowest BCUT2D eigenvalue weighted by Crippen LogP contribution is -2.51. The van der Waals surface area contributed by atoms with Gasteiger partial charge >= 0.3 is 0 Å². The van der Waals surface area contributed by atoms with Crippen molar-refractivity contribution in [2.45, 2.75) is 56.8 Å². The Morgan fingerprint density at radius 2 is 2.09 bits per heavy atom. The number of aromatic hydroxyl groups is 1. The van der Waals surface area contributed by atoms with Gasteiger partial charge in [-0.15, -0.1) is 0 Å². The Bertz CT molecular complexity index is 1290. The lowest BCUT2D eigenvalue weighted by molar-refractivity contribution is -0.0958. The molecule has 2 amide bonds. The van der Waals surface area contributed by atoms with Gasteiger partial charge in [-0.3, -0.25) is 19.2 Å². The number of amides is 2. The first-order valence-corrected chi connectivity index (χ1v) is 11.5. The van der Waals surface area contributed by atoms with Crippen LogP contribution in [0.25, 0.3) is 0 Å². The van der Waals surface area contributed by atoms with E-state index in [2.05, 4.69) is 10.8 Å². The summed E-state index contributed by atoms with van der Waals surface area (Å²) in [6, 6.07) is 2.49. The number of fused-ring (bicyclic) bond motifs is 5. The minimum Gasteiger partial charge on any atom is -0.503 e. The second-order valence-electron chi connectivity index (χ2n) is 10.1. The molecule has 1 aromatic heterocycles. The fourth-order valence-corrected chi connectivity index (χ4v) is 5.44. The SMILES string of the molecule is CC1(C)C[C@]2(CCCN3C[C@H]2n2cc(C(=O)NCc4ccc(F)cc4F)c(=O)c(O)c2C3=O)ON1. The minimum atomic E-state index is -0.999. The Balaban J connectivity index is 1.54. The van der Waals surface area contributed by atoms with Gasteiger partial charge in [-0.25, -0.2) is 8.78 Å². The van der Waals surface area contributed by atoms with Crippen molar-refractivity contribution in [3.63, 3.8) is 0 Å². The molecular weight excluding hydrogens is 462 g/mol. The van der Waals surface area contributed by atoms with Gasteiger partial charge in [0.1, 0.15) is 22.8 Å². The molecule has 5 rings (SSSR count). The van der Waals surface area contributed by atoms with Gasteiger partial charge in [-0.2, -0.15) is 5.48 Å². The van der Waals surface area contributed by atoms with Crippen LogP contribution in [0.2, 0.25) is 0 Å². The molecule has 0 radical (unpaired) electrons. The van der Waals surface area contributed by atoms with E-state index in [1.54, 1.807) is 4.90 Å². The summed E-state index contributed by atoms with van der Waals surface area (Å²) in [6.45, 7) is 4.45. The fraction of sp³-hybridized carbons (Fsp3) is 0.458. The summed E-state index contributed by atoms with van der Waals surface area (Å²) in [5, 5.41) is 13.2. The van der Waals surface area contributed by atoms with Crippen LogP contribution in [0.1, 0.15) is 65.6 Å². The third kappa shape index (κ3) is 3.88. The Labute approximate surface area is 199 Å². The maximum Gasteiger partial charge on any atom is 0.274 e. The number of carbonyl (C=O) groups is 2. The van der Waals surface area contributed by atoms with Crippen molar-refractivity contribution < 1.29 is 28.3 Å². The Morgan fingerprint density at radius 1 is 1.31 bits per heavy atom. The molecule has 9 nitrogen and oxygen atoms in total. The zero-order chi connectivity index (χ0) is 25.1. The maximum absolute atomic E-state index is 14.0. The minimum absolute atomic E-state index is 0.0308. The average molecular weight is 488 g/mol. The second-order valence-corrected chi connectivity index (χ2v) is 10.1. The Hall–Kier alpha value is -3.31. The molecular formula is C24H26F2N4O5. The molecule has 186 valence electrons. The Morgan fingerprint density at radius 3 is 2.77 bits per heavy atom. The zero-order valence-corrected chi connectivity index (χ0v) is 19.4. The number of carbonyl (C=O) groups excluding carboxylic acids is 2. The van der Waals surface area contributed by atoms with Crippen molar-refractivity contribution in [3.05, 3.63) is 63.1 Å². The number of hydrogen-bond acceptors (Lipinski definition) is 6. The molecule has 3 N–H and O–H groups in total. The van der Waals surface area contributed by atoms with E-state index in [0.29, 0.717) is 38.4 Å². The van der Waals surface area contributed by atoms with Crippen molar-refractivity contribution in [2.75, 3.05) is 13.1 Å². The average Bonchev–Trinajstić information content (AvgIpc) is 3.01. The highest BCUT2D eigenvalue weighted by molar-refractivity contribution is 5.99. The van der Waals surface area contributed by atoms with Crippen LogP contribution in [0.15, 0.2) is 29.2 Å². The van der Waals surface area contributed by atoms with Crippen molar-refractivity contribution in [2.24, 2.45) is 0 Å². The van der Waals surface area contributed by atoms with Gasteiger partial charge in [0.25, 0.3) is 11.8 Å². The molecule has 35 heavy (non-hydrogen) atoms. The summed E-state index contributed by atoms with van der Waals surface area (Å²) in [5.74, 6) is -3.74. The van der Waals surface area contributed by atoms with Crippen molar-refractivity contribution in [1.82, 2.24) is 20.3 Å². The predicted octanol–water partition coefficient (Wildman–Crippen LogP) is 2.00. The molecule has 0 unspecified atom stereocenters. The molecule has 0 saturated carbocycles. The number of aromatic nitrogens is 1. The monoisotopic (exact) mass is 488 g/mol. The summed E-state index contributed by atoms with van der Waals surface area (Å²) >= 11 is 0. The van der Waals surface area contributed by atoms with E-state index >= 15 is 0 Å². The second kappa shape index (κ2) is 8.13. The van der Waals surface area contributed by atoms with Crippen molar-refractivity contribution in [3.8, 4) is 5.75 Å². The number of nitrogens with one attached hydrogen (secondary N) is 2. The first-order valence-electron chi connectivity index (χ1n) is 11.5. The van der Waals surface area contributed by atoms with Gasteiger partial charge in [-0.1, -0.05) is 6.07 Å². The number of hydrogen-bond donors (Lipinski definition) is 3. The van der Waals surface area contributed by atoms with Crippen molar-refractivity contribution in [1.29, 1.82) is 0 Å². The number of pyridine rings is 1. The third-order valence-corrected chi connectivity index (χ3v) is 7.04. The van der Waals surface area contributed by atoms with Crippen LogP contribution in [-0.2, 0) is 11.4 Å². The molecule has 1 aromatic carbocycles. The number of hydroxylamine groups is 1. The number of rotatable bonds is 3. The van der Waals surface area contributed by atoms with E-state index in [9.17, 15) is 28.3 Å². The van der Waals surface area contributed by atoms with Crippen LogP contribution < -0.4 is 16.2 Å². The van der Waals surface area contributed by atoms with Gasteiger partial charge in [0, 0.05) is 49.4 Å².